The monoisotopic (exact) mass is 283 g/mol. The highest BCUT2D eigenvalue weighted by atomic mass is 19.1. The van der Waals surface area contributed by atoms with Gasteiger partial charge in [0.2, 0.25) is 0 Å². The molecule has 0 saturated heterocycles. The Labute approximate surface area is 120 Å². The minimum Gasteiger partial charge on any atom is -0.267 e. The first-order valence-corrected chi connectivity index (χ1v) is 5.97. The van der Waals surface area contributed by atoms with E-state index in [1.807, 2.05) is 6.07 Å². The molecule has 0 fully saturated rings. The Kier molecular flexibility index (Phi) is 4.26. The van der Waals surface area contributed by atoms with Crippen molar-refractivity contribution >= 4 is 11.8 Å². The lowest BCUT2D eigenvalue weighted by atomic mass is 10.1. The highest BCUT2D eigenvalue weighted by Gasteiger charge is 2.12. The molecule has 0 aliphatic heterocycles. The molecule has 5 nitrogen and oxygen atoms in total. The quantitative estimate of drug-likeness (QED) is 0.824. The van der Waals surface area contributed by atoms with Crippen LogP contribution in [0.1, 0.15) is 26.3 Å². The van der Waals surface area contributed by atoms with Gasteiger partial charge in [-0.25, -0.2) is 4.39 Å². The van der Waals surface area contributed by atoms with Crippen molar-refractivity contribution in [1.29, 1.82) is 5.26 Å². The zero-order chi connectivity index (χ0) is 15.2. The van der Waals surface area contributed by atoms with Crippen molar-refractivity contribution < 1.29 is 14.0 Å². The number of hydrazine groups is 1. The van der Waals surface area contributed by atoms with Crippen LogP contribution in [0.3, 0.4) is 0 Å². The smallest absolute Gasteiger partial charge is 0.267 e. The Balaban J connectivity index is 1.99. The molecular formula is C15H10FN3O2. The number of benzene rings is 2. The van der Waals surface area contributed by atoms with Crippen molar-refractivity contribution in [1.82, 2.24) is 10.9 Å². The fraction of sp³-hybridized carbons (Fsp3) is 0. The van der Waals surface area contributed by atoms with Gasteiger partial charge in [0, 0.05) is 5.56 Å². The molecule has 2 rings (SSSR count). The summed E-state index contributed by atoms with van der Waals surface area (Å²) in [5.41, 5.74) is 4.81. The molecule has 0 saturated carbocycles. The van der Waals surface area contributed by atoms with E-state index in [0.717, 1.165) is 6.07 Å². The van der Waals surface area contributed by atoms with Crippen LogP contribution in [-0.4, -0.2) is 11.8 Å². The Hall–Kier alpha value is -3.20. The second-order valence-electron chi connectivity index (χ2n) is 4.08. The van der Waals surface area contributed by atoms with Crippen molar-refractivity contribution in [2.24, 2.45) is 0 Å². The molecule has 0 spiro atoms. The van der Waals surface area contributed by atoms with Crippen molar-refractivity contribution in [2.45, 2.75) is 0 Å². The maximum atomic E-state index is 13.4. The average molecular weight is 283 g/mol. The molecule has 0 heterocycles. The molecule has 104 valence electrons. The van der Waals surface area contributed by atoms with Gasteiger partial charge in [-0.3, -0.25) is 20.4 Å². The van der Waals surface area contributed by atoms with Crippen LogP contribution in [0, 0.1) is 17.1 Å². The van der Waals surface area contributed by atoms with Crippen LogP contribution in [0.2, 0.25) is 0 Å². The summed E-state index contributed by atoms with van der Waals surface area (Å²) in [5, 5.41) is 8.65. The number of hydrogen-bond acceptors (Lipinski definition) is 3. The lowest BCUT2D eigenvalue weighted by Gasteiger charge is -2.08. The van der Waals surface area contributed by atoms with E-state index in [1.165, 1.54) is 42.5 Å². The largest absolute Gasteiger partial charge is 0.272 e. The lowest BCUT2D eigenvalue weighted by Crippen LogP contribution is -2.41. The summed E-state index contributed by atoms with van der Waals surface area (Å²) in [6, 6.07) is 13.2. The third kappa shape index (κ3) is 3.42. The first kappa shape index (κ1) is 14.2. The van der Waals surface area contributed by atoms with Crippen molar-refractivity contribution in [3.8, 4) is 6.07 Å². The van der Waals surface area contributed by atoms with Crippen molar-refractivity contribution in [3.05, 3.63) is 71.0 Å². The zero-order valence-electron chi connectivity index (χ0n) is 10.8. The van der Waals surface area contributed by atoms with E-state index in [-0.39, 0.29) is 11.1 Å². The molecular weight excluding hydrogens is 273 g/mol. The second-order valence-corrected chi connectivity index (χ2v) is 4.08. The van der Waals surface area contributed by atoms with Gasteiger partial charge in [0.1, 0.15) is 5.82 Å². The standard InChI is InChI=1S/C15H10FN3O2/c16-13-4-2-1-3-12(13)15(21)19-18-14(20)11-7-5-10(9-17)6-8-11/h1-8H,(H,18,20)(H,19,21). The molecule has 0 radical (unpaired) electrons. The molecule has 0 aromatic heterocycles. The fourth-order valence-electron chi connectivity index (χ4n) is 1.59. The van der Waals surface area contributed by atoms with Gasteiger partial charge in [0.25, 0.3) is 11.8 Å². The van der Waals surface area contributed by atoms with Crippen LogP contribution >= 0.6 is 0 Å². The SMILES string of the molecule is N#Cc1ccc(C(=O)NNC(=O)c2ccccc2F)cc1. The third-order valence-electron chi connectivity index (χ3n) is 2.68. The first-order valence-electron chi connectivity index (χ1n) is 5.97. The van der Waals surface area contributed by atoms with Crippen LogP contribution < -0.4 is 10.9 Å². The molecule has 2 aromatic rings. The minimum atomic E-state index is -0.755. The third-order valence-corrected chi connectivity index (χ3v) is 2.68. The number of halogens is 1. The van der Waals surface area contributed by atoms with Crippen molar-refractivity contribution in [2.75, 3.05) is 0 Å². The molecule has 2 N–H and O–H groups in total. The Bertz CT molecular complexity index is 720. The van der Waals surface area contributed by atoms with Crippen LogP contribution in [0.4, 0.5) is 4.39 Å². The molecule has 2 amide bonds. The van der Waals surface area contributed by atoms with Gasteiger partial charge in [0.05, 0.1) is 17.2 Å². The van der Waals surface area contributed by atoms with E-state index in [2.05, 4.69) is 10.9 Å². The van der Waals surface area contributed by atoms with Gasteiger partial charge in [-0.2, -0.15) is 5.26 Å². The van der Waals surface area contributed by atoms with Gasteiger partial charge in [-0.05, 0) is 36.4 Å². The zero-order valence-corrected chi connectivity index (χ0v) is 10.8. The second kappa shape index (κ2) is 6.30. The number of carbonyl (C=O) groups excluding carboxylic acids is 2. The maximum Gasteiger partial charge on any atom is 0.272 e. The topological polar surface area (TPSA) is 82.0 Å². The fourth-order valence-corrected chi connectivity index (χ4v) is 1.59. The van der Waals surface area contributed by atoms with Gasteiger partial charge >= 0.3 is 0 Å². The maximum absolute atomic E-state index is 13.4. The molecule has 21 heavy (non-hydrogen) atoms. The van der Waals surface area contributed by atoms with E-state index < -0.39 is 17.6 Å². The van der Waals surface area contributed by atoms with Crippen LogP contribution in [-0.2, 0) is 0 Å². The van der Waals surface area contributed by atoms with E-state index in [9.17, 15) is 14.0 Å². The van der Waals surface area contributed by atoms with Gasteiger partial charge in [0.15, 0.2) is 0 Å². The molecule has 0 bridgehead atoms. The number of rotatable bonds is 2. The average Bonchev–Trinajstić information content (AvgIpc) is 2.52. The summed E-state index contributed by atoms with van der Waals surface area (Å²) in [7, 11) is 0. The Morgan fingerprint density at radius 2 is 1.57 bits per heavy atom. The summed E-state index contributed by atoms with van der Waals surface area (Å²) in [6.45, 7) is 0. The van der Waals surface area contributed by atoms with Gasteiger partial charge in [-0.1, -0.05) is 12.1 Å². The number of hydrogen-bond donors (Lipinski definition) is 2. The normalized spacial score (nSPS) is 9.52. The Morgan fingerprint density at radius 1 is 0.952 bits per heavy atom. The highest BCUT2D eigenvalue weighted by molar-refractivity contribution is 5.99. The molecule has 6 heteroatoms. The summed E-state index contributed by atoms with van der Waals surface area (Å²) < 4.78 is 13.4. The molecule has 0 aliphatic rings. The Morgan fingerprint density at radius 3 is 2.19 bits per heavy atom. The number of nitrogens with zero attached hydrogens (tertiary/aromatic N) is 1. The predicted octanol–water partition coefficient (Wildman–Crippen LogP) is 1.77. The summed E-state index contributed by atoms with van der Waals surface area (Å²) >= 11 is 0. The van der Waals surface area contributed by atoms with Gasteiger partial charge < -0.3 is 0 Å². The predicted molar refractivity (Wildman–Crippen MR) is 72.5 cm³/mol. The van der Waals surface area contributed by atoms with Crippen LogP contribution in [0.25, 0.3) is 0 Å². The number of nitrogens with one attached hydrogen (secondary N) is 2. The molecule has 2 aromatic carbocycles. The summed E-state index contributed by atoms with van der Waals surface area (Å²) in [4.78, 5) is 23.5. The highest BCUT2D eigenvalue weighted by Crippen LogP contribution is 2.06. The summed E-state index contributed by atoms with van der Waals surface area (Å²) in [5.74, 6) is -2.00. The molecule has 0 aliphatic carbocycles. The molecule has 0 unspecified atom stereocenters. The first-order chi connectivity index (χ1) is 10.1. The number of nitriles is 1. The number of carbonyl (C=O) groups is 2. The van der Waals surface area contributed by atoms with Crippen LogP contribution in [0.15, 0.2) is 48.5 Å². The minimum absolute atomic E-state index is 0.169. The van der Waals surface area contributed by atoms with E-state index >= 15 is 0 Å². The molecule has 0 atom stereocenters. The summed E-state index contributed by atoms with van der Waals surface area (Å²) in [6.07, 6.45) is 0. The van der Waals surface area contributed by atoms with E-state index in [1.54, 1.807) is 0 Å². The van der Waals surface area contributed by atoms with E-state index in [0.29, 0.717) is 5.56 Å². The lowest BCUT2D eigenvalue weighted by molar-refractivity contribution is 0.0844. The van der Waals surface area contributed by atoms with E-state index in [4.69, 9.17) is 5.26 Å². The van der Waals surface area contributed by atoms with Crippen LogP contribution in [0.5, 0.6) is 0 Å². The number of amides is 2. The van der Waals surface area contributed by atoms with Crippen molar-refractivity contribution in [3.63, 3.8) is 0 Å². The van der Waals surface area contributed by atoms with Gasteiger partial charge in [-0.15, -0.1) is 0 Å².